The maximum Gasteiger partial charge on any atom is 0.127 e. The second kappa shape index (κ2) is 6.70. The molecule has 0 bridgehead atoms. The largest absolute Gasteiger partial charge is 0.310 e. The maximum absolute atomic E-state index is 13.4. The molecule has 0 aliphatic rings. The summed E-state index contributed by atoms with van der Waals surface area (Å²) in [6, 6.07) is 3.88. The van der Waals surface area contributed by atoms with Crippen molar-refractivity contribution in [3.63, 3.8) is 0 Å². The fourth-order valence-corrected chi connectivity index (χ4v) is 2.11. The molecule has 3 heteroatoms. The Morgan fingerprint density at radius 3 is 2.41 bits per heavy atom. The lowest BCUT2D eigenvalue weighted by Crippen LogP contribution is -2.32. The monoisotopic (exact) mass is 241 g/mol. The molecular weight excluding hydrogens is 220 g/mol. The van der Waals surface area contributed by atoms with Gasteiger partial charge in [-0.15, -0.1) is 0 Å². The molecule has 0 aliphatic heterocycles. The Labute approximate surface area is 102 Å². The van der Waals surface area contributed by atoms with Crippen molar-refractivity contribution in [3.05, 3.63) is 35.4 Å². The Hall–Kier alpha value is -0.960. The zero-order valence-corrected chi connectivity index (χ0v) is 10.8. The Balaban J connectivity index is 2.57. The first-order valence-corrected chi connectivity index (χ1v) is 6.25. The van der Waals surface area contributed by atoms with Gasteiger partial charge in [0, 0.05) is 18.2 Å². The minimum atomic E-state index is -0.390. The van der Waals surface area contributed by atoms with E-state index in [9.17, 15) is 8.78 Å². The molecule has 0 heterocycles. The van der Waals surface area contributed by atoms with Crippen LogP contribution in [-0.4, -0.2) is 6.04 Å². The van der Waals surface area contributed by atoms with E-state index in [4.69, 9.17) is 0 Å². The van der Waals surface area contributed by atoms with Crippen LogP contribution >= 0.6 is 0 Å². The second-order valence-electron chi connectivity index (χ2n) is 4.48. The van der Waals surface area contributed by atoms with E-state index < -0.39 is 5.82 Å². The summed E-state index contributed by atoms with van der Waals surface area (Å²) in [6.45, 7) is 6.76. The first-order chi connectivity index (χ1) is 8.08. The van der Waals surface area contributed by atoms with Crippen molar-refractivity contribution < 1.29 is 8.78 Å². The summed E-state index contributed by atoms with van der Waals surface area (Å²) in [5.74, 6) is -0.166. The summed E-state index contributed by atoms with van der Waals surface area (Å²) < 4.78 is 26.3. The summed E-state index contributed by atoms with van der Waals surface area (Å²) in [5.41, 5.74) is 0.391. The van der Waals surface area contributed by atoms with Crippen LogP contribution in [0.1, 0.15) is 39.2 Å². The van der Waals surface area contributed by atoms with Gasteiger partial charge >= 0.3 is 0 Å². The molecule has 96 valence electrons. The van der Waals surface area contributed by atoms with Crippen LogP contribution in [0.25, 0.3) is 0 Å². The van der Waals surface area contributed by atoms with Crippen LogP contribution in [-0.2, 0) is 6.54 Å². The summed E-state index contributed by atoms with van der Waals surface area (Å²) in [7, 11) is 0. The number of hydrogen-bond donors (Lipinski definition) is 1. The SMILES string of the molecule is CCC(CC)C(C)NCc1cc(F)ccc1F. The molecule has 0 aromatic heterocycles. The van der Waals surface area contributed by atoms with Crippen molar-refractivity contribution in [2.45, 2.75) is 46.2 Å². The van der Waals surface area contributed by atoms with Gasteiger partial charge in [-0.05, 0) is 31.0 Å². The second-order valence-corrected chi connectivity index (χ2v) is 4.48. The highest BCUT2D eigenvalue weighted by molar-refractivity contribution is 5.18. The average Bonchev–Trinajstić information content (AvgIpc) is 2.32. The first kappa shape index (κ1) is 14.1. The van der Waals surface area contributed by atoms with Crippen molar-refractivity contribution in [3.8, 4) is 0 Å². The van der Waals surface area contributed by atoms with Crippen molar-refractivity contribution in [1.29, 1.82) is 0 Å². The van der Waals surface area contributed by atoms with E-state index in [1.165, 1.54) is 12.1 Å². The minimum absolute atomic E-state index is 0.313. The highest BCUT2D eigenvalue weighted by Gasteiger charge is 2.13. The molecule has 1 atom stereocenters. The molecule has 0 radical (unpaired) electrons. The van der Waals surface area contributed by atoms with Gasteiger partial charge in [0.1, 0.15) is 11.6 Å². The lowest BCUT2D eigenvalue weighted by molar-refractivity contribution is 0.351. The van der Waals surface area contributed by atoms with Gasteiger partial charge in [-0.3, -0.25) is 0 Å². The molecule has 0 saturated carbocycles. The predicted molar refractivity (Wildman–Crippen MR) is 66.7 cm³/mol. The van der Waals surface area contributed by atoms with Crippen LogP contribution in [0.2, 0.25) is 0 Å². The van der Waals surface area contributed by atoms with E-state index in [1.54, 1.807) is 0 Å². The third-order valence-corrected chi connectivity index (χ3v) is 3.38. The molecule has 0 aliphatic carbocycles. The molecule has 1 rings (SSSR count). The number of rotatable bonds is 6. The standard InChI is InChI=1S/C14H21F2N/c1-4-11(5-2)10(3)17-9-12-8-13(15)6-7-14(12)16/h6-8,10-11,17H,4-5,9H2,1-3H3. The third kappa shape index (κ3) is 4.08. The van der Waals surface area contributed by atoms with Gasteiger partial charge in [-0.25, -0.2) is 8.78 Å². The minimum Gasteiger partial charge on any atom is -0.310 e. The molecule has 0 fully saturated rings. The maximum atomic E-state index is 13.4. The van der Waals surface area contributed by atoms with E-state index in [2.05, 4.69) is 26.1 Å². The molecule has 17 heavy (non-hydrogen) atoms. The van der Waals surface area contributed by atoms with Gasteiger partial charge < -0.3 is 5.32 Å². The van der Waals surface area contributed by atoms with Gasteiger partial charge in [0.25, 0.3) is 0 Å². The number of nitrogens with one attached hydrogen (secondary N) is 1. The van der Waals surface area contributed by atoms with Crippen molar-refractivity contribution >= 4 is 0 Å². The van der Waals surface area contributed by atoms with Crippen LogP contribution in [0.5, 0.6) is 0 Å². The smallest absolute Gasteiger partial charge is 0.127 e. The van der Waals surface area contributed by atoms with Crippen LogP contribution in [0.15, 0.2) is 18.2 Å². The first-order valence-electron chi connectivity index (χ1n) is 6.25. The zero-order chi connectivity index (χ0) is 12.8. The third-order valence-electron chi connectivity index (χ3n) is 3.38. The molecule has 0 spiro atoms. The summed E-state index contributed by atoms with van der Waals surface area (Å²) in [5, 5.41) is 3.26. The van der Waals surface area contributed by atoms with Crippen molar-refractivity contribution in [1.82, 2.24) is 5.32 Å². The fourth-order valence-electron chi connectivity index (χ4n) is 2.11. The summed E-state index contributed by atoms with van der Waals surface area (Å²) in [4.78, 5) is 0. The zero-order valence-electron chi connectivity index (χ0n) is 10.8. The summed E-state index contributed by atoms with van der Waals surface area (Å²) in [6.07, 6.45) is 2.19. The van der Waals surface area contributed by atoms with E-state index >= 15 is 0 Å². The van der Waals surface area contributed by atoms with Gasteiger partial charge in [0.2, 0.25) is 0 Å². The van der Waals surface area contributed by atoms with E-state index in [1.807, 2.05) is 0 Å². The Bertz CT molecular complexity index is 348. The topological polar surface area (TPSA) is 12.0 Å². The van der Waals surface area contributed by atoms with Crippen LogP contribution < -0.4 is 5.32 Å². The van der Waals surface area contributed by atoms with Crippen molar-refractivity contribution in [2.24, 2.45) is 5.92 Å². The molecule has 1 unspecified atom stereocenters. The van der Waals surface area contributed by atoms with Crippen LogP contribution in [0, 0.1) is 17.6 Å². The quantitative estimate of drug-likeness (QED) is 0.797. The van der Waals surface area contributed by atoms with Crippen LogP contribution in [0.4, 0.5) is 8.78 Å². The molecule has 1 nitrogen and oxygen atoms in total. The van der Waals surface area contributed by atoms with E-state index in [-0.39, 0.29) is 5.82 Å². The lowest BCUT2D eigenvalue weighted by atomic mass is 9.95. The molecule has 0 amide bonds. The van der Waals surface area contributed by atoms with Gasteiger partial charge in [-0.1, -0.05) is 26.7 Å². The van der Waals surface area contributed by atoms with E-state index in [0.717, 1.165) is 18.9 Å². The number of halogens is 2. The molecule has 0 saturated heterocycles. The van der Waals surface area contributed by atoms with Crippen LogP contribution in [0.3, 0.4) is 0 Å². The fraction of sp³-hybridized carbons (Fsp3) is 0.571. The van der Waals surface area contributed by atoms with Crippen molar-refractivity contribution in [2.75, 3.05) is 0 Å². The summed E-state index contributed by atoms with van der Waals surface area (Å²) >= 11 is 0. The molecule has 1 aromatic rings. The predicted octanol–water partition coefficient (Wildman–Crippen LogP) is 3.88. The van der Waals surface area contributed by atoms with Gasteiger partial charge in [0.15, 0.2) is 0 Å². The Morgan fingerprint density at radius 2 is 1.82 bits per heavy atom. The number of benzene rings is 1. The molecule has 1 aromatic carbocycles. The highest BCUT2D eigenvalue weighted by Crippen LogP contribution is 2.14. The normalized spacial score (nSPS) is 13.1. The Kier molecular flexibility index (Phi) is 5.56. The highest BCUT2D eigenvalue weighted by atomic mass is 19.1. The lowest BCUT2D eigenvalue weighted by Gasteiger charge is -2.22. The average molecular weight is 241 g/mol. The Morgan fingerprint density at radius 1 is 1.18 bits per heavy atom. The van der Waals surface area contributed by atoms with Gasteiger partial charge in [0.05, 0.1) is 0 Å². The van der Waals surface area contributed by atoms with E-state index in [0.29, 0.717) is 24.1 Å². The van der Waals surface area contributed by atoms with Gasteiger partial charge in [-0.2, -0.15) is 0 Å². The molecule has 1 N–H and O–H groups in total. The molecular formula is C14H21F2N. The number of hydrogen-bond acceptors (Lipinski definition) is 1.